The Balaban J connectivity index is 3.49. The average molecular weight is 370 g/mol. The number of hydrogen-bond acceptors (Lipinski definition) is 1. The van der Waals surface area contributed by atoms with Crippen molar-refractivity contribution in [1.82, 2.24) is 0 Å². The van der Waals surface area contributed by atoms with Crippen molar-refractivity contribution in [2.75, 3.05) is 7.11 Å². The Morgan fingerprint density at radius 1 is 0.941 bits per heavy atom. The molecule has 0 aromatic heterocycles. The van der Waals surface area contributed by atoms with Crippen molar-refractivity contribution in [2.45, 2.75) is 12.4 Å². The van der Waals surface area contributed by atoms with Crippen molar-refractivity contribution in [3.05, 3.63) is 26.8 Å². The van der Waals surface area contributed by atoms with Crippen molar-refractivity contribution in [1.29, 1.82) is 0 Å². The highest BCUT2D eigenvalue weighted by atomic mass is 127. The predicted octanol–water partition coefficient (Wildman–Crippen LogP) is 4.34. The van der Waals surface area contributed by atoms with Gasteiger partial charge in [-0.1, -0.05) is 0 Å². The smallest absolute Gasteiger partial charge is 0.419 e. The van der Waals surface area contributed by atoms with Crippen molar-refractivity contribution in [3.63, 3.8) is 0 Å². The first-order valence-corrected chi connectivity index (χ1v) is 5.17. The molecule has 1 aromatic rings. The van der Waals surface area contributed by atoms with Crippen molar-refractivity contribution in [3.8, 4) is 5.75 Å². The van der Waals surface area contributed by atoms with Gasteiger partial charge in [0.05, 0.1) is 18.2 Å². The van der Waals surface area contributed by atoms with Gasteiger partial charge in [0.1, 0.15) is 5.75 Å². The number of ether oxygens (including phenoxy) is 1. The zero-order valence-corrected chi connectivity index (χ0v) is 10.4. The normalized spacial score (nSPS) is 12.7. The van der Waals surface area contributed by atoms with Gasteiger partial charge in [0.15, 0.2) is 0 Å². The summed E-state index contributed by atoms with van der Waals surface area (Å²) in [5.74, 6) is -0.630. The van der Waals surface area contributed by atoms with Crippen LogP contribution in [-0.4, -0.2) is 7.11 Å². The SMILES string of the molecule is COc1cc(I)c(C(F)(F)F)cc1C(F)(F)F. The van der Waals surface area contributed by atoms with Gasteiger partial charge in [0.2, 0.25) is 0 Å². The number of alkyl halides is 6. The van der Waals surface area contributed by atoms with Crippen LogP contribution in [0.1, 0.15) is 11.1 Å². The molecule has 0 spiro atoms. The molecule has 0 amide bonds. The fourth-order valence-corrected chi connectivity index (χ4v) is 1.91. The summed E-state index contributed by atoms with van der Waals surface area (Å²) in [6.45, 7) is 0. The highest BCUT2D eigenvalue weighted by Crippen LogP contribution is 2.42. The van der Waals surface area contributed by atoms with Gasteiger partial charge < -0.3 is 4.74 Å². The quantitative estimate of drug-likeness (QED) is 0.528. The van der Waals surface area contributed by atoms with Crippen LogP contribution in [0.25, 0.3) is 0 Å². The molecule has 0 radical (unpaired) electrons. The first-order chi connectivity index (χ1) is 7.57. The lowest BCUT2D eigenvalue weighted by Gasteiger charge is -2.16. The summed E-state index contributed by atoms with van der Waals surface area (Å²) in [7, 11) is 0.966. The first kappa shape index (κ1) is 14.4. The molecule has 8 heteroatoms. The Morgan fingerprint density at radius 2 is 1.41 bits per heavy atom. The highest BCUT2D eigenvalue weighted by molar-refractivity contribution is 14.1. The molecule has 0 unspecified atom stereocenters. The minimum atomic E-state index is -4.89. The van der Waals surface area contributed by atoms with Crippen LogP contribution in [0.15, 0.2) is 12.1 Å². The molecule has 0 aliphatic rings. The standard InChI is InChI=1S/C9H5F6IO/c1-17-7-3-6(16)4(8(10,11)12)2-5(7)9(13,14)15/h2-3H,1H3. The molecule has 0 aliphatic carbocycles. The molecule has 0 saturated carbocycles. The van der Waals surface area contributed by atoms with Crippen LogP contribution in [0.2, 0.25) is 0 Å². The van der Waals surface area contributed by atoms with Crippen LogP contribution in [0.5, 0.6) is 5.75 Å². The van der Waals surface area contributed by atoms with E-state index in [1.54, 1.807) is 0 Å². The third kappa shape index (κ3) is 3.17. The lowest BCUT2D eigenvalue weighted by Crippen LogP contribution is -2.13. The summed E-state index contributed by atoms with van der Waals surface area (Å²) < 4.78 is 78.9. The summed E-state index contributed by atoms with van der Waals surface area (Å²) in [5, 5.41) is 0. The van der Waals surface area contributed by atoms with E-state index in [0.717, 1.165) is 7.11 Å². The molecule has 96 valence electrons. The second-order valence-electron chi connectivity index (χ2n) is 3.03. The second kappa shape index (κ2) is 4.54. The van der Waals surface area contributed by atoms with Gasteiger partial charge in [-0.05, 0) is 34.7 Å². The summed E-state index contributed by atoms with van der Waals surface area (Å²) in [4.78, 5) is 0. The third-order valence-electron chi connectivity index (χ3n) is 1.90. The number of halogens is 7. The van der Waals surface area contributed by atoms with Gasteiger partial charge in [-0.15, -0.1) is 0 Å². The summed E-state index contributed by atoms with van der Waals surface area (Å²) in [5.41, 5.74) is -2.76. The first-order valence-electron chi connectivity index (χ1n) is 4.09. The van der Waals surface area contributed by atoms with E-state index < -0.39 is 29.2 Å². The maximum atomic E-state index is 12.5. The Morgan fingerprint density at radius 3 is 1.76 bits per heavy atom. The molecule has 0 heterocycles. The van der Waals surface area contributed by atoms with Gasteiger partial charge in [0.25, 0.3) is 0 Å². The van der Waals surface area contributed by atoms with Crippen LogP contribution in [-0.2, 0) is 12.4 Å². The zero-order chi connectivity index (χ0) is 13.4. The maximum Gasteiger partial charge on any atom is 0.419 e. The van der Waals surface area contributed by atoms with Crippen LogP contribution in [0.4, 0.5) is 26.3 Å². The Kier molecular flexibility index (Phi) is 3.84. The molecule has 0 bridgehead atoms. The van der Waals surface area contributed by atoms with E-state index in [0.29, 0.717) is 6.07 Å². The van der Waals surface area contributed by atoms with Gasteiger partial charge in [-0.3, -0.25) is 0 Å². The van der Waals surface area contributed by atoms with Crippen LogP contribution in [0.3, 0.4) is 0 Å². The van der Waals surface area contributed by atoms with E-state index in [1.165, 1.54) is 22.6 Å². The zero-order valence-electron chi connectivity index (χ0n) is 8.21. The molecule has 1 rings (SSSR count). The number of benzene rings is 1. The number of hydrogen-bond donors (Lipinski definition) is 0. The Hall–Kier alpha value is -0.670. The van der Waals surface area contributed by atoms with E-state index in [4.69, 9.17) is 0 Å². The van der Waals surface area contributed by atoms with Crippen molar-refractivity contribution < 1.29 is 31.1 Å². The fraction of sp³-hybridized carbons (Fsp3) is 0.333. The molecule has 0 fully saturated rings. The highest BCUT2D eigenvalue weighted by Gasteiger charge is 2.40. The number of rotatable bonds is 1. The molecule has 0 atom stereocenters. The molecule has 0 N–H and O–H groups in total. The van der Waals surface area contributed by atoms with Crippen molar-refractivity contribution >= 4 is 22.6 Å². The molecule has 17 heavy (non-hydrogen) atoms. The third-order valence-corrected chi connectivity index (χ3v) is 2.79. The topological polar surface area (TPSA) is 9.23 Å². The van der Waals surface area contributed by atoms with Crippen molar-refractivity contribution in [2.24, 2.45) is 0 Å². The lowest BCUT2D eigenvalue weighted by molar-refractivity contribution is -0.144. The van der Waals surface area contributed by atoms with Crippen LogP contribution < -0.4 is 4.74 Å². The van der Waals surface area contributed by atoms with Crippen LogP contribution >= 0.6 is 22.6 Å². The predicted molar refractivity (Wildman–Crippen MR) is 55.7 cm³/mol. The van der Waals surface area contributed by atoms with Crippen LogP contribution in [0, 0.1) is 3.57 Å². The number of methoxy groups -OCH3 is 1. The van der Waals surface area contributed by atoms with Gasteiger partial charge in [-0.2, -0.15) is 26.3 Å². The molecular formula is C9H5F6IO. The van der Waals surface area contributed by atoms with E-state index in [1.807, 2.05) is 0 Å². The van der Waals surface area contributed by atoms with Gasteiger partial charge >= 0.3 is 12.4 Å². The minimum absolute atomic E-state index is 0.0562. The van der Waals surface area contributed by atoms with Gasteiger partial charge in [0, 0.05) is 3.57 Å². The fourth-order valence-electron chi connectivity index (χ4n) is 1.16. The monoisotopic (exact) mass is 370 g/mol. The van der Waals surface area contributed by atoms with E-state index in [2.05, 4.69) is 4.74 Å². The van der Waals surface area contributed by atoms with E-state index >= 15 is 0 Å². The minimum Gasteiger partial charge on any atom is -0.496 e. The molecule has 0 saturated heterocycles. The molecule has 1 nitrogen and oxygen atoms in total. The molecule has 1 aromatic carbocycles. The van der Waals surface area contributed by atoms with Gasteiger partial charge in [-0.25, -0.2) is 0 Å². The lowest BCUT2D eigenvalue weighted by atomic mass is 10.1. The molecule has 0 aliphatic heterocycles. The summed E-state index contributed by atoms with van der Waals surface area (Å²) >= 11 is 1.31. The van der Waals surface area contributed by atoms with E-state index in [-0.39, 0.29) is 9.64 Å². The largest absolute Gasteiger partial charge is 0.496 e. The summed E-state index contributed by atoms with van der Waals surface area (Å²) in [6.07, 6.45) is -9.72. The Bertz CT molecular complexity index is 423. The molecular weight excluding hydrogens is 365 g/mol. The summed E-state index contributed by atoms with van der Waals surface area (Å²) in [6, 6.07) is 0.771. The second-order valence-corrected chi connectivity index (χ2v) is 4.19. The average Bonchev–Trinajstić information content (AvgIpc) is 2.13. The van der Waals surface area contributed by atoms with E-state index in [9.17, 15) is 26.3 Å². The maximum absolute atomic E-state index is 12.5. The Labute approximate surface area is 106 Å².